The fraction of sp³-hybridized carbons (Fsp3) is 0.278. The average molecular weight is 484 g/mol. The summed E-state index contributed by atoms with van der Waals surface area (Å²) in [4.78, 5) is 12.3. The van der Waals surface area contributed by atoms with Crippen LogP contribution >= 0.6 is 23.4 Å². The van der Waals surface area contributed by atoms with Crippen LogP contribution in [0.3, 0.4) is 0 Å². The van der Waals surface area contributed by atoms with Crippen molar-refractivity contribution in [3.63, 3.8) is 0 Å². The lowest BCUT2D eigenvalue weighted by Crippen LogP contribution is -2.52. The van der Waals surface area contributed by atoms with Crippen LogP contribution in [0.5, 0.6) is 0 Å². The maximum Gasteiger partial charge on any atom is 0.426 e. The highest BCUT2D eigenvalue weighted by molar-refractivity contribution is 7.99. The number of carbonyl (C=O) groups excluding carboxylic acids is 1. The third-order valence-corrected chi connectivity index (χ3v) is 7.06. The highest BCUT2D eigenvalue weighted by Gasteiger charge is 2.55. The number of nitrogens with one attached hydrogen (secondary N) is 1. The molecule has 0 heterocycles. The largest absolute Gasteiger partial charge is 0.426 e. The van der Waals surface area contributed by atoms with Gasteiger partial charge in [-0.3, -0.25) is 4.79 Å². The first-order chi connectivity index (χ1) is 13.8. The monoisotopic (exact) mass is 483 g/mol. The molecule has 0 fully saturated rings. The van der Waals surface area contributed by atoms with Crippen LogP contribution in [0.1, 0.15) is 6.92 Å². The second-order valence-electron chi connectivity index (χ2n) is 6.21. The Bertz CT molecular complexity index is 1030. The maximum atomic E-state index is 12.8. The van der Waals surface area contributed by atoms with Gasteiger partial charge in [-0.1, -0.05) is 11.6 Å². The lowest BCUT2D eigenvalue weighted by Gasteiger charge is -2.25. The third-order valence-electron chi connectivity index (χ3n) is 3.99. The van der Waals surface area contributed by atoms with E-state index in [-0.39, 0.29) is 34.0 Å². The van der Waals surface area contributed by atoms with Gasteiger partial charge in [0.2, 0.25) is 15.4 Å². The molecule has 12 heteroatoms. The zero-order valence-corrected chi connectivity index (χ0v) is 17.8. The normalized spacial score (nSPS) is 14.2. The molecular formula is C18H17ClF3NO5S2. The Hall–Kier alpha value is -1.79. The van der Waals surface area contributed by atoms with Gasteiger partial charge in [0.25, 0.3) is 5.91 Å². The van der Waals surface area contributed by atoms with Crippen LogP contribution in [-0.2, 0) is 14.6 Å². The second-order valence-corrected chi connectivity index (χ2v) is 9.74. The first-order valence-electron chi connectivity index (χ1n) is 8.29. The molecule has 0 saturated heterocycles. The molecule has 3 N–H and O–H groups in total. The third kappa shape index (κ3) is 5.27. The van der Waals surface area contributed by atoms with E-state index in [9.17, 15) is 31.5 Å². The molecular weight excluding hydrogens is 467 g/mol. The quantitative estimate of drug-likeness (QED) is 0.521. The number of carbonyl (C=O) groups is 1. The number of rotatable bonds is 7. The number of aliphatic hydroxyl groups is 2. The van der Waals surface area contributed by atoms with Gasteiger partial charge in [0.1, 0.15) is 0 Å². The summed E-state index contributed by atoms with van der Waals surface area (Å²) in [6.07, 6.45) is -5.21. The molecule has 2 rings (SSSR count). The van der Waals surface area contributed by atoms with Crippen molar-refractivity contribution in [1.29, 1.82) is 0 Å². The Morgan fingerprint density at radius 3 is 2.20 bits per heavy atom. The Morgan fingerprint density at radius 1 is 1.13 bits per heavy atom. The predicted octanol–water partition coefficient (Wildman–Crippen LogP) is 3.51. The summed E-state index contributed by atoms with van der Waals surface area (Å²) in [6, 6.07) is 8.99. The molecule has 0 saturated carbocycles. The van der Waals surface area contributed by atoms with E-state index in [4.69, 9.17) is 16.7 Å². The van der Waals surface area contributed by atoms with Crippen molar-refractivity contribution >= 4 is 44.8 Å². The number of hydrogen-bond donors (Lipinski definition) is 3. The highest BCUT2D eigenvalue weighted by atomic mass is 35.5. The van der Waals surface area contributed by atoms with Gasteiger partial charge in [-0.25, -0.2) is 8.42 Å². The summed E-state index contributed by atoms with van der Waals surface area (Å²) in [5.41, 5.74) is -3.95. The average Bonchev–Trinajstić information content (AvgIpc) is 2.67. The van der Waals surface area contributed by atoms with Gasteiger partial charge >= 0.3 is 6.18 Å². The number of halogens is 4. The molecule has 6 nitrogen and oxygen atoms in total. The van der Waals surface area contributed by atoms with Crippen LogP contribution in [0.2, 0.25) is 5.02 Å². The molecule has 0 unspecified atom stereocenters. The van der Waals surface area contributed by atoms with Crippen LogP contribution in [0.4, 0.5) is 18.9 Å². The zero-order valence-electron chi connectivity index (χ0n) is 15.4. The van der Waals surface area contributed by atoms with E-state index in [0.29, 0.717) is 5.75 Å². The fourth-order valence-electron chi connectivity index (χ4n) is 2.15. The highest BCUT2D eigenvalue weighted by Crippen LogP contribution is 2.33. The molecule has 1 amide bonds. The number of hydrogen-bond acceptors (Lipinski definition) is 6. The summed E-state index contributed by atoms with van der Waals surface area (Å²) in [5.74, 6) is -1.31. The second kappa shape index (κ2) is 9.15. The van der Waals surface area contributed by atoms with Crippen molar-refractivity contribution in [3.05, 3.63) is 47.5 Å². The van der Waals surface area contributed by atoms with Crippen LogP contribution in [0.15, 0.2) is 57.2 Å². The van der Waals surface area contributed by atoms with Crippen LogP contribution in [0, 0.1) is 0 Å². The van der Waals surface area contributed by atoms with E-state index in [1.807, 2.05) is 5.32 Å². The smallest absolute Gasteiger partial charge is 0.396 e. The van der Waals surface area contributed by atoms with Gasteiger partial charge in [-0.05, 0) is 49.4 Å². The van der Waals surface area contributed by atoms with E-state index in [1.54, 1.807) is 12.1 Å². The van der Waals surface area contributed by atoms with E-state index < -0.39 is 27.5 Å². The minimum absolute atomic E-state index is 0.0233. The molecule has 30 heavy (non-hydrogen) atoms. The van der Waals surface area contributed by atoms with Crippen LogP contribution in [-0.4, -0.2) is 48.7 Å². The molecule has 0 radical (unpaired) electrons. The van der Waals surface area contributed by atoms with E-state index in [1.165, 1.54) is 23.9 Å². The van der Waals surface area contributed by atoms with Crippen molar-refractivity contribution < 1.29 is 36.6 Å². The van der Waals surface area contributed by atoms with Gasteiger partial charge in [0, 0.05) is 10.6 Å². The fourth-order valence-corrected chi connectivity index (χ4v) is 4.39. The van der Waals surface area contributed by atoms with Gasteiger partial charge < -0.3 is 15.5 Å². The number of amides is 1. The number of thioether (sulfide) groups is 1. The molecule has 0 aromatic heterocycles. The molecule has 0 aliphatic rings. The topological polar surface area (TPSA) is 104 Å². The minimum Gasteiger partial charge on any atom is -0.396 e. The Labute approximate surface area is 180 Å². The maximum absolute atomic E-state index is 12.8. The standard InChI is InChI=1S/C18H17ClF3NO5S2/c1-17(26,18(20,21)22)16(25)23-15-7-6-13(10-14(15)19)30(27,28)12-4-2-11(3-5-12)29-9-8-24/h2-7,10,24,26H,8-9H2,1H3,(H,23,25)/t17-/m1/s1. The van der Waals surface area contributed by atoms with Crippen LogP contribution in [0.25, 0.3) is 0 Å². The van der Waals surface area contributed by atoms with Crippen molar-refractivity contribution in [2.45, 2.75) is 33.4 Å². The van der Waals surface area contributed by atoms with E-state index in [2.05, 4.69) is 0 Å². The minimum atomic E-state index is -5.21. The summed E-state index contributed by atoms with van der Waals surface area (Å²) in [6.45, 7) is 0.266. The Morgan fingerprint density at radius 2 is 1.70 bits per heavy atom. The molecule has 0 bridgehead atoms. The molecule has 1 atom stereocenters. The predicted molar refractivity (Wildman–Crippen MR) is 106 cm³/mol. The SMILES string of the molecule is C[C@@](O)(C(=O)Nc1ccc(S(=O)(=O)c2ccc(SCCO)cc2)cc1Cl)C(F)(F)F. The molecule has 0 aliphatic carbocycles. The number of benzene rings is 2. The van der Waals surface area contributed by atoms with E-state index in [0.717, 1.165) is 23.1 Å². The van der Waals surface area contributed by atoms with Crippen molar-refractivity contribution in [3.8, 4) is 0 Å². The number of sulfone groups is 1. The first kappa shape index (κ1) is 24.5. The molecule has 2 aromatic carbocycles. The van der Waals surface area contributed by atoms with Gasteiger partial charge in [-0.2, -0.15) is 13.2 Å². The van der Waals surface area contributed by atoms with Crippen LogP contribution < -0.4 is 5.32 Å². The first-order valence-corrected chi connectivity index (χ1v) is 11.1. The molecule has 2 aromatic rings. The summed E-state index contributed by atoms with van der Waals surface area (Å²) in [5, 5.41) is 19.7. The number of anilines is 1. The molecule has 0 aliphatic heterocycles. The van der Waals surface area contributed by atoms with Crippen molar-refractivity contribution in [2.75, 3.05) is 17.7 Å². The lowest BCUT2D eigenvalue weighted by atomic mass is 10.1. The molecule has 0 spiro atoms. The summed E-state index contributed by atoms with van der Waals surface area (Å²) >= 11 is 7.29. The van der Waals surface area contributed by atoms with Crippen molar-refractivity contribution in [1.82, 2.24) is 0 Å². The zero-order chi connectivity index (χ0) is 22.7. The van der Waals surface area contributed by atoms with E-state index >= 15 is 0 Å². The Kier molecular flexibility index (Phi) is 7.46. The molecule has 164 valence electrons. The van der Waals surface area contributed by atoms with Gasteiger partial charge in [-0.15, -0.1) is 11.8 Å². The number of alkyl halides is 3. The summed E-state index contributed by atoms with van der Waals surface area (Å²) in [7, 11) is -3.98. The Balaban J connectivity index is 2.26. The van der Waals surface area contributed by atoms with Gasteiger partial charge in [0.15, 0.2) is 0 Å². The lowest BCUT2D eigenvalue weighted by molar-refractivity contribution is -0.242. The van der Waals surface area contributed by atoms with Gasteiger partial charge in [0.05, 0.1) is 27.1 Å². The summed E-state index contributed by atoms with van der Waals surface area (Å²) < 4.78 is 63.8. The van der Waals surface area contributed by atoms with Crippen molar-refractivity contribution in [2.24, 2.45) is 0 Å². The number of aliphatic hydroxyl groups excluding tert-OH is 1.